The van der Waals surface area contributed by atoms with E-state index in [-0.39, 0.29) is 0 Å². The lowest BCUT2D eigenvalue weighted by Crippen LogP contribution is -2.05. The molecular formula is C18H23NO3. The zero-order valence-electron chi connectivity index (χ0n) is 13.3. The van der Waals surface area contributed by atoms with Gasteiger partial charge in [0, 0.05) is 0 Å². The molecule has 0 atom stereocenters. The first kappa shape index (κ1) is 16.0. The highest BCUT2D eigenvalue weighted by Gasteiger charge is 1.99. The van der Waals surface area contributed by atoms with Crippen molar-refractivity contribution < 1.29 is 14.3 Å². The first-order valence-electron chi connectivity index (χ1n) is 7.47. The Kier molecular flexibility index (Phi) is 5.95. The van der Waals surface area contributed by atoms with Gasteiger partial charge in [-0.25, -0.2) is 5.48 Å². The molecule has 0 radical (unpaired) electrons. The maximum atomic E-state index is 5.68. The highest BCUT2D eigenvalue weighted by molar-refractivity contribution is 5.45. The van der Waals surface area contributed by atoms with E-state index in [1.807, 2.05) is 48.5 Å². The van der Waals surface area contributed by atoms with Gasteiger partial charge in [-0.15, -0.1) is 0 Å². The fraction of sp³-hybridized carbons (Fsp3) is 0.333. The lowest BCUT2D eigenvalue weighted by atomic mass is 10.1. The number of ether oxygens (including phenoxy) is 2. The van der Waals surface area contributed by atoms with Gasteiger partial charge in [0.05, 0.1) is 19.4 Å². The Morgan fingerprint density at radius 3 is 2.05 bits per heavy atom. The quantitative estimate of drug-likeness (QED) is 0.727. The van der Waals surface area contributed by atoms with Crippen LogP contribution in [0.1, 0.15) is 20.3 Å². The van der Waals surface area contributed by atoms with E-state index in [9.17, 15) is 0 Å². The second-order valence-electron chi connectivity index (χ2n) is 5.44. The molecule has 0 aliphatic rings. The van der Waals surface area contributed by atoms with Crippen LogP contribution in [0.3, 0.4) is 0 Å². The smallest absolute Gasteiger partial charge is 0.155 e. The van der Waals surface area contributed by atoms with Gasteiger partial charge in [0.2, 0.25) is 0 Å². The summed E-state index contributed by atoms with van der Waals surface area (Å²) in [4.78, 5) is 5.50. The van der Waals surface area contributed by atoms with E-state index in [1.165, 1.54) is 0 Å². The molecule has 0 aromatic heterocycles. The van der Waals surface area contributed by atoms with E-state index >= 15 is 0 Å². The third-order valence-corrected chi connectivity index (χ3v) is 3.16. The molecule has 0 amide bonds. The fourth-order valence-corrected chi connectivity index (χ4v) is 1.79. The molecule has 1 N–H and O–H groups in total. The first-order chi connectivity index (χ1) is 10.7. The van der Waals surface area contributed by atoms with Crippen LogP contribution in [0.4, 0.5) is 5.69 Å². The van der Waals surface area contributed by atoms with Crippen LogP contribution in [0.25, 0.3) is 0 Å². The zero-order valence-corrected chi connectivity index (χ0v) is 13.3. The highest BCUT2D eigenvalue weighted by atomic mass is 16.6. The lowest BCUT2D eigenvalue weighted by Gasteiger charge is -2.11. The summed E-state index contributed by atoms with van der Waals surface area (Å²) >= 11 is 0. The summed E-state index contributed by atoms with van der Waals surface area (Å²) in [6, 6.07) is 15.1. The number of benzene rings is 2. The third-order valence-electron chi connectivity index (χ3n) is 3.16. The van der Waals surface area contributed by atoms with Crippen LogP contribution < -0.4 is 19.8 Å². The van der Waals surface area contributed by atoms with Gasteiger partial charge in [-0.3, -0.25) is 0 Å². The lowest BCUT2D eigenvalue weighted by molar-refractivity contribution is 0.289. The second-order valence-corrected chi connectivity index (χ2v) is 5.44. The molecule has 2 aromatic carbocycles. The van der Waals surface area contributed by atoms with Crippen LogP contribution >= 0.6 is 0 Å². The standard InChI is InChI=1S/C18H23NO3/c1-14(2)12-13-21-17-6-4-15(5-7-17)19-22-18-10-8-16(20-3)9-11-18/h4-11,14,19H,12-13H2,1-3H3. The average molecular weight is 301 g/mol. The summed E-state index contributed by atoms with van der Waals surface area (Å²) in [5.74, 6) is 3.04. The molecular weight excluding hydrogens is 278 g/mol. The molecule has 4 heteroatoms. The molecule has 118 valence electrons. The van der Waals surface area contributed by atoms with Crippen molar-refractivity contribution in [2.24, 2.45) is 5.92 Å². The predicted octanol–water partition coefficient (Wildman–Crippen LogP) is 4.53. The molecule has 0 fully saturated rings. The molecule has 22 heavy (non-hydrogen) atoms. The van der Waals surface area contributed by atoms with Crippen LogP contribution in [0.2, 0.25) is 0 Å². The van der Waals surface area contributed by atoms with Gasteiger partial charge >= 0.3 is 0 Å². The van der Waals surface area contributed by atoms with Gasteiger partial charge in [-0.1, -0.05) is 13.8 Å². The Balaban J connectivity index is 1.80. The molecule has 0 bridgehead atoms. The van der Waals surface area contributed by atoms with E-state index in [2.05, 4.69) is 19.3 Å². The Morgan fingerprint density at radius 2 is 1.45 bits per heavy atom. The fourth-order valence-electron chi connectivity index (χ4n) is 1.79. The predicted molar refractivity (Wildman–Crippen MR) is 88.6 cm³/mol. The van der Waals surface area contributed by atoms with Crippen LogP contribution in [-0.2, 0) is 0 Å². The zero-order chi connectivity index (χ0) is 15.8. The number of hydrogen-bond donors (Lipinski definition) is 1. The number of anilines is 1. The Hall–Kier alpha value is -2.36. The number of hydrogen-bond acceptors (Lipinski definition) is 4. The third kappa shape index (κ3) is 5.20. The minimum absolute atomic E-state index is 0.652. The summed E-state index contributed by atoms with van der Waals surface area (Å²) in [6.07, 6.45) is 1.06. The molecule has 0 saturated heterocycles. The van der Waals surface area contributed by atoms with Crippen LogP contribution in [-0.4, -0.2) is 13.7 Å². The molecule has 0 heterocycles. The van der Waals surface area contributed by atoms with Crippen molar-refractivity contribution in [3.8, 4) is 17.2 Å². The summed E-state index contributed by atoms with van der Waals surface area (Å²) in [7, 11) is 1.64. The van der Waals surface area contributed by atoms with Crippen LogP contribution in [0, 0.1) is 5.92 Å². The van der Waals surface area contributed by atoms with Crippen molar-refractivity contribution in [2.45, 2.75) is 20.3 Å². The van der Waals surface area contributed by atoms with Gasteiger partial charge in [0.25, 0.3) is 0 Å². The van der Waals surface area contributed by atoms with E-state index in [1.54, 1.807) is 7.11 Å². The normalized spacial score (nSPS) is 10.4. The summed E-state index contributed by atoms with van der Waals surface area (Å²) in [5.41, 5.74) is 3.77. The van der Waals surface area contributed by atoms with Crippen molar-refractivity contribution in [3.05, 3.63) is 48.5 Å². The second kappa shape index (κ2) is 8.17. The Morgan fingerprint density at radius 1 is 0.864 bits per heavy atom. The van der Waals surface area contributed by atoms with Crippen LogP contribution in [0.5, 0.6) is 17.2 Å². The topological polar surface area (TPSA) is 39.7 Å². The Labute approximate surface area is 132 Å². The number of rotatable bonds is 8. The molecule has 2 rings (SSSR count). The largest absolute Gasteiger partial charge is 0.497 e. The summed E-state index contributed by atoms with van der Waals surface area (Å²) < 4.78 is 10.8. The molecule has 0 spiro atoms. The minimum Gasteiger partial charge on any atom is -0.497 e. The van der Waals surface area contributed by atoms with Crippen molar-refractivity contribution in [1.82, 2.24) is 0 Å². The van der Waals surface area contributed by atoms with Gasteiger partial charge in [-0.05, 0) is 60.9 Å². The van der Waals surface area contributed by atoms with E-state index in [0.717, 1.165) is 36.0 Å². The van der Waals surface area contributed by atoms with E-state index in [4.69, 9.17) is 14.3 Å². The van der Waals surface area contributed by atoms with Crippen molar-refractivity contribution >= 4 is 5.69 Å². The molecule has 0 unspecified atom stereocenters. The van der Waals surface area contributed by atoms with E-state index in [0.29, 0.717) is 5.92 Å². The van der Waals surface area contributed by atoms with Gasteiger partial charge in [0.15, 0.2) is 5.75 Å². The number of nitrogens with one attached hydrogen (secondary N) is 1. The molecule has 2 aromatic rings. The molecule has 4 nitrogen and oxygen atoms in total. The van der Waals surface area contributed by atoms with Gasteiger partial charge in [0.1, 0.15) is 11.5 Å². The minimum atomic E-state index is 0.652. The van der Waals surface area contributed by atoms with E-state index < -0.39 is 0 Å². The molecule has 0 aliphatic heterocycles. The van der Waals surface area contributed by atoms with Gasteiger partial charge in [-0.2, -0.15) is 0 Å². The maximum absolute atomic E-state index is 5.68. The van der Waals surface area contributed by atoms with Crippen molar-refractivity contribution in [2.75, 3.05) is 19.2 Å². The Bertz CT molecular complexity index is 550. The van der Waals surface area contributed by atoms with Crippen LogP contribution in [0.15, 0.2) is 48.5 Å². The number of methoxy groups -OCH3 is 1. The summed E-state index contributed by atoms with van der Waals surface area (Å²) in [6.45, 7) is 5.12. The first-order valence-corrected chi connectivity index (χ1v) is 7.47. The molecule has 0 saturated carbocycles. The summed E-state index contributed by atoms with van der Waals surface area (Å²) in [5, 5.41) is 0. The monoisotopic (exact) mass is 301 g/mol. The maximum Gasteiger partial charge on any atom is 0.155 e. The van der Waals surface area contributed by atoms with Gasteiger partial charge < -0.3 is 14.3 Å². The van der Waals surface area contributed by atoms with Crippen molar-refractivity contribution in [3.63, 3.8) is 0 Å². The SMILES string of the molecule is COc1ccc(ONc2ccc(OCCC(C)C)cc2)cc1. The average Bonchev–Trinajstić information content (AvgIpc) is 2.54. The highest BCUT2D eigenvalue weighted by Crippen LogP contribution is 2.19. The molecule has 0 aliphatic carbocycles. The van der Waals surface area contributed by atoms with Crippen molar-refractivity contribution in [1.29, 1.82) is 0 Å².